The number of H-pyrrole nitrogens is 1. The van der Waals surface area contributed by atoms with Crippen molar-refractivity contribution >= 4 is 28.5 Å². The molecule has 6 heteroatoms. The van der Waals surface area contributed by atoms with Crippen LogP contribution in [0.15, 0.2) is 6.20 Å². The predicted octanol–water partition coefficient (Wildman–Crippen LogP) is 2.24. The third kappa shape index (κ3) is 1.95. The predicted molar refractivity (Wildman–Crippen MR) is 67.3 cm³/mol. The van der Waals surface area contributed by atoms with Crippen molar-refractivity contribution in [3.05, 3.63) is 11.5 Å². The average Bonchev–Trinajstić information content (AvgIpc) is 2.77. The van der Waals surface area contributed by atoms with Crippen LogP contribution < -0.4 is 4.90 Å². The third-order valence-electron chi connectivity index (χ3n) is 3.35. The number of hydrogen-bond donors (Lipinski definition) is 1. The number of piperidine rings is 1. The van der Waals surface area contributed by atoms with Crippen LogP contribution in [0.25, 0.3) is 11.0 Å². The highest BCUT2D eigenvalue weighted by atomic mass is 35.5. The smallest absolute Gasteiger partial charge is 0.226 e. The summed E-state index contributed by atoms with van der Waals surface area (Å²) in [4.78, 5) is 10.7. The van der Waals surface area contributed by atoms with Gasteiger partial charge in [0.1, 0.15) is 5.82 Å². The zero-order chi connectivity index (χ0) is 11.8. The van der Waals surface area contributed by atoms with Crippen molar-refractivity contribution in [1.29, 1.82) is 0 Å². The fourth-order valence-electron chi connectivity index (χ4n) is 2.25. The minimum atomic E-state index is 0.273. The number of nitrogens with zero attached hydrogens (tertiary/aromatic N) is 4. The average molecular weight is 252 g/mol. The maximum Gasteiger partial charge on any atom is 0.226 e. The Balaban J connectivity index is 2.01. The van der Waals surface area contributed by atoms with Crippen LogP contribution in [0.1, 0.15) is 19.8 Å². The molecule has 0 amide bonds. The van der Waals surface area contributed by atoms with E-state index in [1.54, 1.807) is 6.20 Å². The normalized spacial score (nSPS) is 17.9. The maximum atomic E-state index is 5.93. The molecular weight excluding hydrogens is 238 g/mol. The van der Waals surface area contributed by atoms with Gasteiger partial charge in [-0.3, -0.25) is 5.10 Å². The summed E-state index contributed by atoms with van der Waals surface area (Å²) in [5.41, 5.74) is 0.707. The summed E-state index contributed by atoms with van der Waals surface area (Å²) in [6.07, 6.45) is 4.15. The summed E-state index contributed by atoms with van der Waals surface area (Å²) < 4.78 is 0. The van der Waals surface area contributed by atoms with Gasteiger partial charge in [-0.05, 0) is 30.4 Å². The highest BCUT2D eigenvalue weighted by molar-refractivity contribution is 6.28. The van der Waals surface area contributed by atoms with Gasteiger partial charge in [0, 0.05) is 13.1 Å². The Hall–Kier alpha value is -1.36. The Kier molecular flexibility index (Phi) is 2.63. The van der Waals surface area contributed by atoms with E-state index in [0.717, 1.165) is 30.2 Å². The fraction of sp³-hybridized carbons (Fsp3) is 0.545. The molecule has 0 unspecified atom stereocenters. The Morgan fingerprint density at radius 2 is 2.12 bits per heavy atom. The number of hydrogen-bond acceptors (Lipinski definition) is 4. The molecule has 5 nitrogen and oxygen atoms in total. The lowest BCUT2D eigenvalue weighted by molar-refractivity contribution is 0.437. The zero-order valence-corrected chi connectivity index (χ0v) is 10.4. The van der Waals surface area contributed by atoms with Crippen LogP contribution in [0.5, 0.6) is 0 Å². The first-order valence-electron chi connectivity index (χ1n) is 5.85. The molecular formula is C11H14ClN5. The molecule has 3 rings (SSSR count). The van der Waals surface area contributed by atoms with Gasteiger partial charge in [-0.25, -0.2) is 0 Å². The lowest BCUT2D eigenvalue weighted by Crippen LogP contribution is -2.33. The van der Waals surface area contributed by atoms with Gasteiger partial charge in [-0.1, -0.05) is 6.92 Å². The fourth-order valence-corrected chi connectivity index (χ4v) is 2.42. The Labute approximate surface area is 104 Å². The molecule has 90 valence electrons. The van der Waals surface area contributed by atoms with E-state index in [1.165, 1.54) is 12.8 Å². The van der Waals surface area contributed by atoms with Gasteiger partial charge in [0.15, 0.2) is 5.65 Å². The first kappa shape index (κ1) is 10.8. The Morgan fingerprint density at radius 1 is 1.35 bits per heavy atom. The summed E-state index contributed by atoms with van der Waals surface area (Å²) in [6, 6.07) is 0. The number of anilines is 1. The van der Waals surface area contributed by atoms with E-state index >= 15 is 0 Å². The SMILES string of the molecule is CC1CCN(c2nc(Cl)nc3[nH]ncc23)CC1. The molecule has 1 saturated heterocycles. The molecule has 17 heavy (non-hydrogen) atoms. The highest BCUT2D eigenvalue weighted by Gasteiger charge is 2.20. The van der Waals surface area contributed by atoms with E-state index in [4.69, 9.17) is 11.6 Å². The molecule has 0 bridgehead atoms. The van der Waals surface area contributed by atoms with E-state index in [0.29, 0.717) is 5.65 Å². The van der Waals surface area contributed by atoms with Gasteiger partial charge in [-0.2, -0.15) is 15.1 Å². The van der Waals surface area contributed by atoms with Gasteiger partial charge < -0.3 is 4.90 Å². The second-order valence-electron chi connectivity index (χ2n) is 4.62. The zero-order valence-electron chi connectivity index (χ0n) is 9.65. The lowest BCUT2D eigenvalue weighted by atomic mass is 9.99. The first-order valence-corrected chi connectivity index (χ1v) is 6.23. The lowest BCUT2D eigenvalue weighted by Gasteiger charge is -2.31. The molecule has 1 aliphatic heterocycles. The van der Waals surface area contributed by atoms with Crippen LogP contribution in [0.4, 0.5) is 5.82 Å². The van der Waals surface area contributed by atoms with E-state index in [-0.39, 0.29) is 5.28 Å². The molecule has 0 radical (unpaired) electrons. The summed E-state index contributed by atoms with van der Waals surface area (Å²) in [5, 5.41) is 8.06. The third-order valence-corrected chi connectivity index (χ3v) is 3.51. The van der Waals surface area contributed by atoms with Crippen molar-refractivity contribution in [2.24, 2.45) is 5.92 Å². The second kappa shape index (κ2) is 4.14. The van der Waals surface area contributed by atoms with E-state index in [2.05, 4.69) is 32.0 Å². The minimum Gasteiger partial charge on any atom is -0.356 e. The van der Waals surface area contributed by atoms with Gasteiger partial charge in [0.05, 0.1) is 11.6 Å². The van der Waals surface area contributed by atoms with Crippen LogP contribution in [0.2, 0.25) is 5.28 Å². The van der Waals surface area contributed by atoms with Crippen molar-refractivity contribution in [3.63, 3.8) is 0 Å². The van der Waals surface area contributed by atoms with Crippen molar-refractivity contribution < 1.29 is 0 Å². The molecule has 1 fully saturated rings. The van der Waals surface area contributed by atoms with Crippen LogP contribution in [-0.4, -0.2) is 33.3 Å². The molecule has 0 aromatic carbocycles. The number of halogens is 1. The number of rotatable bonds is 1. The van der Waals surface area contributed by atoms with Gasteiger partial charge in [0.25, 0.3) is 0 Å². The molecule has 0 spiro atoms. The molecule has 3 heterocycles. The number of nitrogens with one attached hydrogen (secondary N) is 1. The summed E-state index contributed by atoms with van der Waals surface area (Å²) in [5.74, 6) is 1.70. The quantitative estimate of drug-likeness (QED) is 0.790. The summed E-state index contributed by atoms with van der Waals surface area (Å²) in [7, 11) is 0. The topological polar surface area (TPSA) is 57.7 Å². The van der Waals surface area contributed by atoms with Crippen LogP contribution in [-0.2, 0) is 0 Å². The van der Waals surface area contributed by atoms with Crippen molar-refractivity contribution in [3.8, 4) is 0 Å². The van der Waals surface area contributed by atoms with Gasteiger partial charge in [-0.15, -0.1) is 0 Å². The largest absolute Gasteiger partial charge is 0.356 e. The van der Waals surface area contributed by atoms with E-state index in [9.17, 15) is 0 Å². The Morgan fingerprint density at radius 3 is 2.88 bits per heavy atom. The summed E-state index contributed by atoms with van der Waals surface area (Å²) in [6.45, 7) is 4.33. The van der Waals surface area contributed by atoms with E-state index < -0.39 is 0 Å². The molecule has 2 aromatic rings. The highest BCUT2D eigenvalue weighted by Crippen LogP contribution is 2.27. The van der Waals surface area contributed by atoms with Crippen LogP contribution in [0.3, 0.4) is 0 Å². The molecule has 0 aliphatic carbocycles. The standard InChI is InChI=1S/C11H14ClN5/c1-7-2-4-17(5-3-7)10-8-6-13-16-9(8)14-11(12)15-10/h6-7H,2-5H2,1H3,(H,13,14,15,16). The molecule has 0 saturated carbocycles. The van der Waals surface area contributed by atoms with Crippen molar-refractivity contribution in [2.75, 3.05) is 18.0 Å². The second-order valence-corrected chi connectivity index (χ2v) is 4.96. The molecule has 1 N–H and O–H groups in total. The first-order chi connectivity index (χ1) is 8.24. The van der Waals surface area contributed by atoms with Crippen LogP contribution >= 0.6 is 11.6 Å². The molecule has 0 atom stereocenters. The minimum absolute atomic E-state index is 0.273. The van der Waals surface area contributed by atoms with Gasteiger partial charge >= 0.3 is 0 Å². The molecule has 1 aliphatic rings. The number of aromatic nitrogens is 4. The monoisotopic (exact) mass is 251 g/mol. The number of fused-ring (bicyclic) bond motifs is 1. The Bertz CT molecular complexity index is 530. The van der Waals surface area contributed by atoms with Crippen molar-refractivity contribution in [1.82, 2.24) is 20.2 Å². The van der Waals surface area contributed by atoms with E-state index in [1.807, 2.05) is 0 Å². The van der Waals surface area contributed by atoms with Crippen molar-refractivity contribution in [2.45, 2.75) is 19.8 Å². The van der Waals surface area contributed by atoms with Gasteiger partial charge in [0.2, 0.25) is 5.28 Å². The summed E-state index contributed by atoms with van der Waals surface area (Å²) >= 11 is 5.93. The van der Waals surface area contributed by atoms with Crippen LogP contribution in [0, 0.1) is 5.92 Å². The number of aromatic amines is 1. The maximum absolute atomic E-state index is 5.93. The molecule has 2 aromatic heterocycles.